The standard InChI is InChI=1S/C13H14ClN5S/c1-7(2)5-11-16-17-13-19(11)18-12(20-13)8-3-4-9(14)10(15)6-8/h3-4,6-7H,5,15H2,1-2H3. The van der Waals surface area contributed by atoms with Crippen LogP contribution in [0.15, 0.2) is 18.2 Å². The summed E-state index contributed by atoms with van der Waals surface area (Å²) in [6.45, 7) is 4.29. The topological polar surface area (TPSA) is 69.1 Å². The lowest BCUT2D eigenvalue weighted by Gasteiger charge is -2.01. The van der Waals surface area contributed by atoms with Crippen LogP contribution in [0.5, 0.6) is 0 Å². The van der Waals surface area contributed by atoms with Gasteiger partial charge in [-0.3, -0.25) is 0 Å². The molecule has 0 aliphatic carbocycles. The molecule has 0 saturated carbocycles. The summed E-state index contributed by atoms with van der Waals surface area (Å²) < 4.78 is 1.81. The molecule has 0 atom stereocenters. The number of hydrogen-bond acceptors (Lipinski definition) is 5. The summed E-state index contributed by atoms with van der Waals surface area (Å²) in [6.07, 6.45) is 0.854. The summed E-state index contributed by atoms with van der Waals surface area (Å²) in [7, 11) is 0. The van der Waals surface area contributed by atoms with E-state index in [2.05, 4.69) is 29.1 Å². The zero-order chi connectivity index (χ0) is 14.3. The summed E-state index contributed by atoms with van der Waals surface area (Å²) in [5.41, 5.74) is 7.33. The van der Waals surface area contributed by atoms with Gasteiger partial charge in [-0.15, -0.1) is 10.2 Å². The minimum atomic E-state index is 0.513. The fourth-order valence-electron chi connectivity index (χ4n) is 1.94. The summed E-state index contributed by atoms with van der Waals surface area (Å²) in [4.78, 5) is 0.796. The summed E-state index contributed by atoms with van der Waals surface area (Å²) in [5.74, 6) is 1.40. The first-order valence-corrected chi connectivity index (χ1v) is 7.50. The number of rotatable bonds is 3. The van der Waals surface area contributed by atoms with Crippen LogP contribution in [0.4, 0.5) is 5.69 Å². The van der Waals surface area contributed by atoms with Gasteiger partial charge in [0.05, 0.1) is 10.7 Å². The van der Waals surface area contributed by atoms with Crippen molar-refractivity contribution in [2.75, 3.05) is 5.73 Å². The predicted molar refractivity (Wildman–Crippen MR) is 82.1 cm³/mol. The van der Waals surface area contributed by atoms with Crippen molar-refractivity contribution < 1.29 is 0 Å². The van der Waals surface area contributed by atoms with E-state index < -0.39 is 0 Å². The number of nitrogens with zero attached hydrogens (tertiary/aromatic N) is 4. The SMILES string of the molecule is CC(C)Cc1nnc2sc(-c3ccc(Cl)c(N)c3)nn12. The first kappa shape index (κ1) is 13.3. The highest BCUT2D eigenvalue weighted by molar-refractivity contribution is 7.19. The lowest BCUT2D eigenvalue weighted by Crippen LogP contribution is -2.01. The molecule has 5 nitrogen and oxygen atoms in total. The second-order valence-electron chi connectivity index (χ2n) is 5.05. The third-order valence-corrected chi connectivity index (χ3v) is 4.18. The average Bonchev–Trinajstić information content (AvgIpc) is 2.94. The Morgan fingerprint density at radius 2 is 2.15 bits per heavy atom. The number of nitrogen functional groups attached to an aromatic ring is 1. The molecule has 0 fully saturated rings. The maximum absolute atomic E-state index is 5.94. The van der Waals surface area contributed by atoms with E-state index in [1.54, 1.807) is 6.07 Å². The summed E-state index contributed by atoms with van der Waals surface area (Å²) >= 11 is 7.43. The number of fused-ring (bicyclic) bond motifs is 1. The van der Waals surface area contributed by atoms with Gasteiger partial charge in [0, 0.05) is 12.0 Å². The van der Waals surface area contributed by atoms with E-state index in [1.807, 2.05) is 16.6 Å². The molecule has 0 bridgehead atoms. The zero-order valence-electron chi connectivity index (χ0n) is 11.2. The fraction of sp³-hybridized carbons (Fsp3) is 0.308. The van der Waals surface area contributed by atoms with Gasteiger partial charge in [0.1, 0.15) is 5.01 Å². The number of halogens is 1. The van der Waals surface area contributed by atoms with Gasteiger partial charge in [0.2, 0.25) is 4.96 Å². The molecule has 2 heterocycles. The van der Waals surface area contributed by atoms with Crippen LogP contribution in [-0.2, 0) is 6.42 Å². The van der Waals surface area contributed by atoms with Gasteiger partial charge in [-0.05, 0) is 18.1 Å². The van der Waals surface area contributed by atoms with Gasteiger partial charge < -0.3 is 5.73 Å². The number of aromatic nitrogens is 4. The first-order valence-electron chi connectivity index (χ1n) is 6.31. The molecule has 2 N–H and O–H groups in total. The third kappa shape index (κ3) is 2.36. The number of nitrogens with two attached hydrogens (primary N) is 1. The Labute approximate surface area is 125 Å². The lowest BCUT2D eigenvalue weighted by molar-refractivity contribution is 0.607. The van der Waals surface area contributed by atoms with Gasteiger partial charge in [-0.1, -0.05) is 42.9 Å². The summed E-state index contributed by atoms with van der Waals surface area (Å²) in [5, 5.41) is 14.3. The Kier molecular flexibility index (Phi) is 3.35. The Hall–Kier alpha value is -1.66. The Morgan fingerprint density at radius 3 is 2.85 bits per heavy atom. The van der Waals surface area contributed by atoms with Crippen LogP contribution >= 0.6 is 22.9 Å². The van der Waals surface area contributed by atoms with Crippen molar-refractivity contribution in [3.8, 4) is 10.6 Å². The highest BCUT2D eigenvalue weighted by Gasteiger charge is 2.14. The predicted octanol–water partition coefficient (Wildman–Crippen LogP) is 3.29. The average molecular weight is 308 g/mol. The van der Waals surface area contributed by atoms with Gasteiger partial charge in [0.15, 0.2) is 5.82 Å². The highest BCUT2D eigenvalue weighted by Crippen LogP contribution is 2.30. The van der Waals surface area contributed by atoms with Crippen LogP contribution in [0.2, 0.25) is 5.02 Å². The van der Waals surface area contributed by atoms with Gasteiger partial charge in [-0.25, -0.2) is 0 Å². The third-order valence-electron chi connectivity index (χ3n) is 2.89. The van der Waals surface area contributed by atoms with E-state index >= 15 is 0 Å². The zero-order valence-corrected chi connectivity index (χ0v) is 12.7. The van der Waals surface area contributed by atoms with Gasteiger partial charge >= 0.3 is 0 Å². The molecule has 0 spiro atoms. The van der Waals surface area contributed by atoms with E-state index in [-0.39, 0.29) is 0 Å². The van der Waals surface area contributed by atoms with Crippen LogP contribution in [0.25, 0.3) is 15.5 Å². The van der Waals surface area contributed by atoms with E-state index in [4.69, 9.17) is 17.3 Å². The second kappa shape index (κ2) is 5.03. The van der Waals surface area contributed by atoms with Gasteiger partial charge in [-0.2, -0.15) is 9.61 Å². The molecule has 2 aromatic heterocycles. The van der Waals surface area contributed by atoms with Crippen LogP contribution < -0.4 is 5.73 Å². The normalized spacial score (nSPS) is 11.6. The number of anilines is 1. The fourth-order valence-corrected chi connectivity index (χ4v) is 2.92. The Bertz CT molecular complexity index is 761. The second-order valence-corrected chi connectivity index (χ2v) is 6.42. The molecule has 104 valence electrons. The maximum atomic E-state index is 5.94. The molecule has 3 aromatic rings. The van der Waals surface area contributed by atoms with Crippen molar-refractivity contribution >= 4 is 33.6 Å². The van der Waals surface area contributed by atoms with Crippen molar-refractivity contribution in [2.45, 2.75) is 20.3 Å². The largest absolute Gasteiger partial charge is 0.398 e. The monoisotopic (exact) mass is 307 g/mol. The van der Waals surface area contributed by atoms with Crippen LogP contribution in [0, 0.1) is 5.92 Å². The first-order chi connectivity index (χ1) is 9.54. The summed E-state index contributed by atoms with van der Waals surface area (Å²) in [6, 6.07) is 5.52. The minimum Gasteiger partial charge on any atom is -0.398 e. The molecule has 7 heteroatoms. The molecular formula is C13H14ClN5S. The number of hydrogen-bond donors (Lipinski definition) is 1. The number of benzene rings is 1. The minimum absolute atomic E-state index is 0.513. The Balaban J connectivity index is 2.04. The molecule has 3 rings (SSSR count). The van der Waals surface area contributed by atoms with Crippen LogP contribution in [-0.4, -0.2) is 19.8 Å². The van der Waals surface area contributed by atoms with Crippen LogP contribution in [0.3, 0.4) is 0 Å². The molecule has 20 heavy (non-hydrogen) atoms. The Morgan fingerprint density at radius 1 is 1.35 bits per heavy atom. The molecule has 0 aliphatic heterocycles. The lowest BCUT2D eigenvalue weighted by atomic mass is 10.1. The van der Waals surface area contributed by atoms with E-state index in [1.165, 1.54) is 11.3 Å². The van der Waals surface area contributed by atoms with Crippen molar-refractivity contribution in [2.24, 2.45) is 5.92 Å². The molecular weight excluding hydrogens is 294 g/mol. The van der Waals surface area contributed by atoms with Crippen molar-refractivity contribution in [1.82, 2.24) is 19.8 Å². The quantitative estimate of drug-likeness (QED) is 0.754. The van der Waals surface area contributed by atoms with Crippen molar-refractivity contribution in [1.29, 1.82) is 0 Å². The molecule has 0 unspecified atom stereocenters. The molecule has 0 aliphatic rings. The van der Waals surface area contributed by atoms with E-state index in [0.29, 0.717) is 16.6 Å². The highest BCUT2D eigenvalue weighted by atomic mass is 35.5. The molecule has 0 saturated heterocycles. The maximum Gasteiger partial charge on any atom is 0.234 e. The van der Waals surface area contributed by atoms with Crippen LogP contribution in [0.1, 0.15) is 19.7 Å². The van der Waals surface area contributed by atoms with Crippen molar-refractivity contribution in [3.63, 3.8) is 0 Å². The van der Waals surface area contributed by atoms with Gasteiger partial charge in [0.25, 0.3) is 0 Å². The van der Waals surface area contributed by atoms with Crippen molar-refractivity contribution in [3.05, 3.63) is 29.0 Å². The van der Waals surface area contributed by atoms with E-state index in [9.17, 15) is 0 Å². The van der Waals surface area contributed by atoms with E-state index in [0.717, 1.165) is 27.8 Å². The molecule has 1 aromatic carbocycles. The smallest absolute Gasteiger partial charge is 0.234 e. The molecule has 0 radical (unpaired) electrons. The molecule has 0 amide bonds.